The van der Waals surface area contributed by atoms with E-state index in [1.165, 1.54) is 4.52 Å². The Morgan fingerprint density at radius 3 is 2.48 bits per heavy atom. The molecule has 1 aliphatic rings. The Hall–Kier alpha value is -5.43. The number of nitrogens with two attached hydrogens (primary N) is 1. The van der Waals surface area contributed by atoms with Crippen LogP contribution in [0.15, 0.2) is 83.6 Å². The summed E-state index contributed by atoms with van der Waals surface area (Å²) in [6.07, 6.45) is 3.21. The molecular weight excluding hydrogens is 562 g/mol. The highest BCUT2D eigenvalue weighted by molar-refractivity contribution is 5.92. The Bertz CT molecular complexity index is 1880. The van der Waals surface area contributed by atoms with Crippen LogP contribution < -0.4 is 15.4 Å². The maximum atomic E-state index is 14.3. The van der Waals surface area contributed by atoms with Crippen molar-refractivity contribution < 1.29 is 18.7 Å². The largest absolute Gasteiger partial charge is 0.491 e. The van der Waals surface area contributed by atoms with Crippen LogP contribution in [0.3, 0.4) is 0 Å². The number of methoxy groups -OCH3 is 1. The first-order valence-corrected chi connectivity index (χ1v) is 14.3. The van der Waals surface area contributed by atoms with Crippen LogP contribution in [0.5, 0.6) is 5.75 Å². The number of hydrogen-bond acceptors (Lipinski definition) is 10. The van der Waals surface area contributed by atoms with Gasteiger partial charge < -0.3 is 29.4 Å². The molecule has 1 aliphatic heterocycles. The molecule has 1 fully saturated rings. The third kappa shape index (κ3) is 5.07. The highest BCUT2D eigenvalue weighted by atomic mass is 16.5. The third-order valence-corrected chi connectivity index (χ3v) is 7.74. The van der Waals surface area contributed by atoms with Crippen molar-refractivity contribution in [3.63, 3.8) is 0 Å². The molecule has 0 saturated carbocycles. The first-order chi connectivity index (χ1) is 21.6. The normalized spacial score (nSPS) is 14.4. The van der Waals surface area contributed by atoms with Crippen LogP contribution in [0.2, 0.25) is 0 Å². The predicted octanol–water partition coefficient (Wildman–Crippen LogP) is 3.28. The van der Waals surface area contributed by atoms with Gasteiger partial charge in [0.05, 0.1) is 24.5 Å². The minimum absolute atomic E-state index is 0.0688. The molecule has 1 saturated heterocycles. The summed E-state index contributed by atoms with van der Waals surface area (Å²) in [5, 5.41) is 9.76. The number of benzene rings is 2. The van der Waals surface area contributed by atoms with Crippen LogP contribution in [-0.4, -0.2) is 86.7 Å². The zero-order valence-corrected chi connectivity index (χ0v) is 24.1. The molecule has 0 radical (unpaired) electrons. The molecule has 1 amide bonds. The number of fused-ring (bicyclic) bond motifs is 3. The number of carbonyl (C=O) groups is 1. The fraction of sp³-hybridized carbons (Fsp3) is 0.258. The number of anilines is 2. The molecule has 0 spiro atoms. The van der Waals surface area contributed by atoms with Gasteiger partial charge in [-0.25, -0.2) is 9.67 Å². The summed E-state index contributed by atoms with van der Waals surface area (Å²) in [7, 11) is 1.65. The summed E-state index contributed by atoms with van der Waals surface area (Å²) in [5.74, 6) is 1.75. The summed E-state index contributed by atoms with van der Waals surface area (Å²) >= 11 is 0. The number of rotatable bonds is 9. The van der Waals surface area contributed by atoms with Gasteiger partial charge in [-0.15, -0.1) is 5.10 Å². The Kier molecular flexibility index (Phi) is 7.28. The van der Waals surface area contributed by atoms with E-state index in [-0.39, 0.29) is 11.9 Å². The van der Waals surface area contributed by atoms with Gasteiger partial charge in [0.15, 0.2) is 23.1 Å². The average Bonchev–Trinajstić information content (AvgIpc) is 3.83. The number of ether oxygens (including phenoxy) is 2. The molecule has 5 heterocycles. The first-order valence-electron chi connectivity index (χ1n) is 14.3. The molecule has 2 N–H and O–H groups in total. The second-order valence-corrected chi connectivity index (χ2v) is 10.4. The molecule has 4 aromatic heterocycles. The monoisotopic (exact) mass is 593 g/mol. The lowest BCUT2D eigenvalue weighted by atomic mass is 10.0. The van der Waals surface area contributed by atoms with Crippen LogP contribution >= 0.6 is 0 Å². The Morgan fingerprint density at radius 2 is 1.75 bits per heavy atom. The maximum Gasteiger partial charge on any atom is 0.252 e. The highest BCUT2D eigenvalue weighted by Gasteiger charge is 2.33. The van der Waals surface area contributed by atoms with E-state index in [0.717, 1.165) is 17.0 Å². The fourth-order valence-corrected chi connectivity index (χ4v) is 5.50. The van der Waals surface area contributed by atoms with Crippen molar-refractivity contribution in [3.05, 3.63) is 84.8 Å². The average molecular weight is 594 g/mol. The fourth-order valence-electron chi connectivity index (χ4n) is 5.50. The van der Waals surface area contributed by atoms with Crippen LogP contribution in [0.4, 0.5) is 11.6 Å². The van der Waals surface area contributed by atoms with Gasteiger partial charge in [0, 0.05) is 39.0 Å². The number of furan rings is 1. The number of amides is 1. The van der Waals surface area contributed by atoms with Gasteiger partial charge in [0.1, 0.15) is 12.4 Å². The predicted molar refractivity (Wildman–Crippen MR) is 163 cm³/mol. The molecule has 0 aliphatic carbocycles. The zero-order chi connectivity index (χ0) is 30.0. The highest BCUT2D eigenvalue weighted by Crippen LogP contribution is 2.29. The summed E-state index contributed by atoms with van der Waals surface area (Å²) in [4.78, 5) is 27.7. The Morgan fingerprint density at radius 1 is 0.955 bits per heavy atom. The van der Waals surface area contributed by atoms with E-state index in [1.807, 2.05) is 59.5 Å². The lowest BCUT2D eigenvalue weighted by Gasteiger charge is -2.37. The number of piperazine rings is 1. The van der Waals surface area contributed by atoms with E-state index in [1.54, 1.807) is 36.4 Å². The minimum Gasteiger partial charge on any atom is -0.491 e. The van der Waals surface area contributed by atoms with E-state index in [2.05, 4.69) is 25.1 Å². The second-order valence-electron chi connectivity index (χ2n) is 10.4. The van der Waals surface area contributed by atoms with E-state index in [4.69, 9.17) is 19.6 Å². The smallest absolute Gasteiger partial charge is 0.252 e. The van der Waals surface area contributed by atoms with Crippen LogP contribution in [0, 0.1) is 0 Å². The topological polar surface area (TPSA) is 142 Å². The van der Waals surface area contributed by atoms with Gasteiger partial charge in [-0.05, 0) is 42.0 Å². The summed E-state index contributed by atoms with van der Waals surface area (Å²) in [5.41, 5.74) is 9.16. The molecule has 7 rings (SSSR count). The van der Waals surface area contributed by atoms with Gasteiger partial charge in [-0.1, -0.05) is 30.3 Å². The first kappa shape index (κ1) is 27.4. The maximum absolute atomic E-state index is 14.3. The number of nitrogen functional groups attached to an aromatic ring is 1. The lowest BCUT2D eigenvalue weighted by molar-refractivity contribution is -0.134. The molecule has 0 bridgehead atoms. The zero-order valence-electron chi connectivity index (χ0n) is 24.1. The molecule has 2 aromatic carbocycles. The van der Waals surface area contributed by atoms with Gasteiger partial charge in [0.2, 0.25) is 11.8 Å². The molecular formula is C31H31N9O4. The lowest BCUT2D eigenvalue weighted by Crippen LogP contribution is -2.51. The molecule has 224 valence electrons. The molecule has 1 atom stereocenters. The van der Waals surface area contributed by atoms with Crippen LogP contribution in [0.1, 0.15) is 11.6 Å². The number of carbonyl (C=O) groups excluding carboxylic acids is 1. The Labute approximate surface area is 252 Å². The van der Waals surface area contributed by atoms with Crippen LogP contribution in [0.25, 0.3) is 28.3 Å². The van der Waals surface area contributed by atoms with Gasteiger partial charge in [0.25, 0.3) is 5.91 Å². The van der Waals surface area contributed by atoms with Crippen LogP contribution in [-0.2, 0) is 9.53 Å². The van der Waals surface area contributed by atoms with Crippen molar-refractivity contribution in [1.29, 1.82) is 0 Å². The molecule has 13 heteroatoms. The van der Waals surface area contributed by atoms with Crippen molar-refractivity contribution in [2.45, 2.75) is 6.04 Å². The molecule has 13 nitrogen and oxygen atoms in total. The Balaban J connectivity index is 1.16. The van der Waals surface area contributed by atoms with Gasteiger partial charge in [-0.3, -0.25) is 4.79 Å². The van der Waals surface area contributed by atoms with E-state index in [0.29, 0.717) is 67.7 Å². The summed E-state index contributed by atoms with van der Waals surface area (Å²) < 4.78 is 19.3. The minimum atomic E-state index is -0.745. The molecule has 6 aromatic rings. The molecule has 0 unspecified atom stereocenters. The SMILES string of the molecule is COCCOc1ccc(N2CCN(C(=O)[C@@H](c3ccccc3)n3ncc4c3nc(N)n3nc(-c5ccco5)nc43)CC2)cc1. The van der Waals surface area contributed by atoms with Gasteiger partial charge >= 0.3 is 0 Å². The van der Waals surface area contributed by atoms with Crippen molar-refractivity contribution in [3.8, 4) is 17.3 Å². The number of hydrogen-bond donors (Lipinski definition) is 1. The van der Waals surface area contributed by atoms with Crippen molar-refractivity contribution >= 4 is 34.2 Å². The third-order valence-electron chi connectivity index (χ3n) is 7.74. The molecule has 44 heavy (non-hydrogen) atoms. The number of nitrogens with zero attached hydrogens (tertiary/aromatic N) is 8. The van der Waals surface area contributed by atoms with E-state index < -0.39 is 6.04 Å². The standard InChI is InChI=1S/C31H31N9O4/c1-42-18-19-43-23-11-9-22(10-12-23)37-13-15-38(16-14-37)30(41)26(21-6-3-2-4-7-21)39-29-24(20-33-39)28-34-27(25-8-5-17-44-25)36-40(28)31(32)35-29/h2-12,17,20,26H,13-16,18-19H2,1H3,(H2,32,35)/t26-/m1/s1. The van der Waals surface area contributed by atoms with E-state index >= 15 is 0 Å². The van der Waals surface area contributed by atoms with Gasteiger partial charge in [-0.2, -0.15) is 14.6 Å². The quantitative estimate of drug-likeness (QED) is 0.248. The number of aromatic nitrogens is 6. The summed E-state index contributed by atoms with van der Waals surface area (Å²) in [6.45, 7) is 3.55. The second kappa shape index (κ2) is 11.7. The summed E-state index contributed by atoms with van der Waals surface area (Å²) in [6, 6.07) is 20.4. The van der Waals surface area contributed by atoms with Crippen molar-refractivity contribution in [2.75, 3.05) is 57.1 Å². The van der Waals surface area contributed by atoms with Crippen molar-refractivity contribution in [1.82, 2.24) is 34.3 Å². The van der Waals surface area contributed by atoms with E-state index in [9.17, 15) is 4.79 Å². The van der Waals surface area contributed by atoms with Crippen molar-refractivity contribution in [2.24, 2.45) is 0 Å².